The predicted octanol–water partition coefficient (Wildman–Crippen LogP) is 2.84. The number of aromatic amines is 1. The highest BCUT2D eigenvalue weighted by atomic mass is 15.3. The third-order valence-corrected chi connectivity index (χ3v) is 3.43. The Morgan fingerprint density at radius 2 is 1.90 bits per heavy atom. The van der Waals surface area contributed by atoms with E-state index in [0.717, 1.165) is 28.1 Å². The molecule has 0 fully saturated rings. The topological polar surface area (TPSA) is 72.5 Å². The van der Waals surface area contributed by atoms with Gasteiger partial charge in [-0.2, -0.15) is 5.10 Å². The van der Waals surface area contributed by atoms with E-state index in [-0.39, 0.29) is 5.41 Å². The molecule has 0 aliphatic heterocycles. The van der Waals surface area contributed by atoms with E-state index in [1.54, 1.807) is 4.68 Å². The number of nitrogens with two attached hydrogens (primary N) is 1. The molecule has 2 aromatic heterocycles. The molecule has 3 aromatic rings. The smallest absolute Gasteiger partial charge is 0.144 e. The summed E-state index contributed by atoms with van der Waals surface area (Å²) in [5, 5.41) is 4.56. The first-order valence-corrected chi connectivity index (χ1v) is 6.66. The number of nitrogens with zero attached hydrogens (tertiary/aromatic N) is 3. The van der Waals surface area contributed by atoms with E-state index in [0.29, 0.717) is 5.82 Å². The lowest BCUT2D eigenvalue weighted by Gasteiger charge is -2.16. The fourth-order valence-corrected chi connectivity index (χ4v) is 2.37. The Labute approximate surface area is 117 Å². The third kappa shape index (κ3) is 1.86. The second-order valence-corrected chi connectivity index (χ2v) is 6.09. The van der Waals surface area contributed by atoms with Crippen LogP contribution in [-0.4, -0.2) is 19.7 Å². The molecule has 2 heterocycles. The lowest BCUT2D eigenvalue weighted by atomic mass is 9.89. The Morgan fingerprint density at radius 1 is 1.20 bits per heavy atom. The van der Waals surface area contributed by atoms with Crippen molar-refractivity contribution in [2.75, 3.05) is 5.73 Å². The van der Waals surface area contributed by atoms with Crippen LogP contribution < -0.4 is 5.73 Å². The fraction of sp³-hybridized carbons (Fsp3) is 0.333. The van der Waals surface area contributed by atoms with Crippen LogP contribution in [0.25, 0.3) is 22.4 Å². The van der Waals surface area contributed by atoms with Crippen LogP contribution in [0.3, 0.4) is 0 Å². The molecule has 0 saturated heterocycles. The highest BCUT2D eigenvalue weighted by molar-refractivity contribution is 5.83. The van der Waals surface area contributed by atoms with Crippen LogP contribution in [0.15, 0.2) is 24.3 Å². The molecule has 1 aromatic carbocycles. The number of anilines is 1. The van der Waals surface area contributed by atoms with E-state index < -0.39 is 0 Å². The molecule has 0 amide bonds. The average molecular weight is 269 g/mol. The fourth-order valence-electron chi connectivity index (χ4n) is 2.37. The maximum absolute atomic E-state index is 6.19. The highest BCUT2D eigenvalue weighted by Gasteiger charge is 2.27. The molecule has 20 heavy (non-hydrogen) atoms. The molecule has 0 unspecified atom stereocenters. The van der Waals surface area contributed by atoms with E-state index in [4.69, 9.17) is 5.73 Å². The second-order valence-electron chi connectivity index (χ2n) is 6.09. The minimum Gasteiger partial charge on any atom is -0.383 e. The van der Waals surface area contributed by atoms with Crippen molar-refractivity contribution < 1.29 is 0 Å². The average Bonchev–Trinajstić information content (AvgIpc) is 2.91. The van der Waals surface area contributed by atoms with Gasteiger partial charge in [-0.25, -0.2) is 4.98 Å². The molecule has 0 atom stereocenters. The molecule has 0 spiro atoms. The standard InChI is InChI=1S/C15H19N5/c1-15(2,3)12-11(13(16)20(4)19-12)14-17-9-7-5-6-8-10(9)18-14/h5-8H,16H2,1-4H3,(H,17,18). The summed E-state index contributed by atoms with van der Waals surface area (Å²) < 4.78 is 1.71. The van der Waals surface area contributed by atoms with E-state index in [1.807, 2.05) is 31.3 Å². The van der Waals surface area contributed by atoms with Crippen molar-refractivity contribution in [2.45, 2.75) is 26.2 Å². The number of aryl methyl sites for hydroxylation is 1. The van der Waals surface area contributed by atoms with E-state index in [1.165, 1.54) is 0 Å². The Hall–Kier alpha value is -2.30. The van der Waals surface area contributed by atoms with Crippen molar-refractivity contribution >= 4 is 16.9 Å². The van der Waals surface area contributed by atoms with E-state index in [9.17, 15) is 0 Å². The highest BCUT2D eigenvalue weighted by Crippen LogP contribution is 2.35. The number of rotatable bonds is 1. The van der Waals surface area contributed by atoms with Crippen molar-refractivity contribution in [3.63, 3.8) is 0 Å². The van der Waals surface area contributed by atoms with E-state index in [2.05, 4.69) is 35.8 Å². The number of nitrogens with one attached hydrogen (secondary N) is 1. The van der Waals surface area contributed by atoms with Gasteiger partial charge in [-0.15, -0.1) is 0 Å². The summed E-state index contributed by atoms with van der Waals surface area (Å²) >= 11 is 0. The van der Waals surface area contributed by atoms with Crippen LogP contribution in [0, 0.1) is 0 Å². The number of nitrogen functional groups attached to an aromatic ring is 1. The molecule has 0 radical (unpaired) electrons. The summed E-state index contributed by atoms with van der Waals surface area (Å²) in [4.78, 5) is 7.98. The zero-order valence-corrected chi connectivity index (χ0v) is 12.2. The molecule has 104 valence electrons. The SMILES string of the molecule is Cn1nc(C(C)(C)C)c(-c2nc3ccccc3[nH]2)c1N. The van der Waals surface area contributed by atoms with Gasteiger partial charge >= 0.3 is 0 Å². The van der Waals surface area contributed by atoms with Gasteiger partial charge in [0.1, 0.15) is 11.6 Å². The summed E-state index contributed by atoms with van der Waals surface area (Å²) in [6, 6.07) is 7.96. The Kier molecular flexibility index (Phi) is 2.61. The third-order valence-electron chi connectivity index (χ3n) is 3.43. The normalized spacial score (nSPS) is 12.2. The number of H-pyrrole nitrogens is 1. The first-order chi connectivity index (χ1) is 9.38. The second kappa shape index (κ2) is 4.10. The van der Waals surface area contributed by atoms with Crippen LogP contribution in [0.5, 0.6) is 0 Å². The zero-order chi connectivity index (χ0) is 14.5. The lowest BCUT2D eigenvalue weighted by Crippen LogP contribution is -2.14. The van der Waals surface area contributed by atoms with Gasteiger partial charge in [0.25, 0.3) is 0 Å². The number of imidazole rings is 1. The molecule has 5 heteroatoms. The molecule has 3 N–H and O–H groups in total. The number of benzene rings is 1. The van der Waals surface area contributed by atoms with Crippen LogP contribution in [-0.2, 0) is 12.5 Å². The quantitative estimate of drug-likeness (QED) is 0.713. The maximum atomic E-state index is 6.19. The zero-order valence-electron chi connectivity index (χ0n) is 12.2. The number of aromatic nitrogens is 4. The molecule has 0 aliphatic rings. The minimum absolute atomic E-state index is 0.0936. The van der Waals surface area contributed by atoms with E-state index >= 15 is 0 Å². The van der Waals surface area contributed by atoms with Crippen molar-refractivity contribution in [1.29, 1.82) is 0 Å². The molecular weight excluding hydrogens is 250 g/mol. The van der Waals surface area contributed by atoms with Gasteiger partial charge in [-0.1, -0.05) is 32.9 Å². The van der Waals surface area contributed by atoms with Crippen molar-refractivity contribution in [1.82, 2.24) is 19.7 Å². The van der Waals surface area contributed by atoms with Gasteiger partial charge in [0.2, 0.25) is 0 Å². The van der Waals surface area contributed by atoms with Gasteiger partial charge < -0.3 is 10.7 Å². The van der Waals surface area contributed by atoms with Gasteiger partial charge in [0, 0.05) is 12.5 Å². The molecule has 0 saturated carbocycles. The van der Waals surface area contributed by atoms with Gasteiger partial charge in [-0.3, -0.25) is 4.68 Å². The summed E-state index contributed by atoms with van der Waals surface area (Å²) in [5.41, 5.74) is 9.90. The Bertz CT molecular complexity index is 740. The largest absolute Gasteiger partial charge is 0.383 e. The van der Waals surface area contributed by atoms with Crippen LogP contribution in [0.1, 0.15) is 26.5 Å². The summed E-state index contributed by atoms with van der Waals surface area (Å²) in [6.07, 6.45) is 0. The van der Waals surface area contributed by atoms with Gasteiger partial charge in [-0.05, 0) is 12.1 Å². The minimum atomic E-state index is -0.0936. The lowest BCUT2D eigenvalue weighted by molar-refractivity contribution is 0.554. The molecule has 0 bridgehead atoms. The van der Waals surface area contributed by atoms with Gasteiger partial charge in [0.15, 0.2) is 0 Å². The number of fused-ring (bicyclic) bond motifs is 1. The van der Waals surface area contributed by atoms with Crippen LogP contribution >= 0.6 is 0 Å². The predicted molar refractivity (Wildman–Crippen MR) is 81.4 cm³/mol. The maximum Gasteiger partial charge on any atom is 0.144 e. The number of hydrogen-bond acceptors (Lipinski definition) is 3. The summed E-state index contributed by atoms with van der Waals surface area (Å²) in [7, 11) is 1.86. The van der Waals surface area contributed by atoms with Crippen LogP contribution in [0.4, 0.5) is 5.82 Å². The molecule has 5 nitrogen and oxygen atoms in total. The first kappa shape index (κ1) is 12.7. The Balaban J connectivity index is 2.28. The van der Waals surface area contributed by atoms with Crippen molar-refractivity contribution in [2.24, 2.45) is 7.05 Å². The number of hydrogen-bond donors (Lipinski definition) is 2. The molecular formula is C15H19N5. The van der Waals surface area contributed by atoms with Gasteiger partial charge in [0.05, 0.1) is 22.3 Å². The van der Waals surface area contributed by atoms with Crippen molar-refractivity contribution in [3.05, 3.63) is 30.0 Å². The number of para-hydroxylation sites is 2. The summed E-state index contributed by atoms with van der Waals surface area (Å²) in [5.74, 6) is 1.41. The van der Waals surface area contributed by atoms with Crippen LogP contribution in [0.2, 0.25) is 0 Å². The Morgan fingerprint density at radius 3 is 2.55 bits per heavy atom. The monoisotopic (exact) mass is 269 g/mol. The molecule has 0 aliphatic carbocycles. The first-order valence-electron chi connectivity index (χ1n) is 6.66. The summed E-state index contributed by atoms with van der Waals surface area (Å²) in [6.45, 7) is 6.38. The van der Waals surface area contributed by atoms with Crippen molar-refractivity contribution in [3.8, 4) is 11.4 Å². The molecule has 3 rings (SSSR count).